The van der Waals surface area contributed by atoms with Crippen molar-refractivity contribution < 1.29 is 4.79 Å². The van der Waals surface area contributed by atoms with Gasteiger partial charge in [-0.3, -0.25) is 4.79 Å². The van der Waals surface area contributed by atoms with Gasteiger partial charge in [0.2, 0.25) is 11.1 Å². The van der Waals surface area contributed by atoms with Crippen LogP contribution >= 0.6 is 11.8 Å². The Labute approximate surface area is 159 Å². The van der Waals surface area contributed by atoms with Crippen molar-refractivity contribution in [3.05, 3.63) is 36.2 Å². The molecule has 1 aliphatic carbocycles. The van der Waals surface area contributed by atoms with Crippen LogP contribution in [-0.2, 0) is 4.79 Å². The van der Waals surface area contributed by atoms with Gasteiger partial charge in [-0.05, 0) is 50.7 Å². The highest BCUT2D eigenvalue weighted by molar-refractivity contribution is 8.00. The van der Waals surface area contributed by atoms with Gasteiger partial charge in [0.15, 0.2) is 0 Å². The maximum Gasteiger partial charge on any atom is 0.235 e. The lowest BCUT2D eigenvalue weighted by molar-refractivity contribution is -0.131. The highest BCUT2D eigenvalue weighted by Crippen LogP contribution is 2.40. The molecule has 1 amide bonds. The SMILES string of the molecule is CC1CCN(C(=O)C(C)Sc2nc(C3CC3)n(-c3ccccc3)n2)CC1. The largest absolute Gasteiger partial charge is 0.342 e. The molecule has 2 fully saturated rings. The first-order chi connectivity index (χ1) is 12.6. The van der Waals surface area contributed by atoms with Gasteiger partial charge in [-0.15, -0.1) is 5.10 Å². The Balaban J connectivity index is 1.49. The number of aromatic nitrogens is 3. The average Bonchev–Trinajstić information content (AvgIpc) is 3.43. The molecule has 1 saturated carbocycles. The van der Waals surface area contributed by atoms with Gasteiger partial charge in [0.1, 0.15) is 5.82 Å². The van der Waals surface area contributed by atoms with E-state index in [1.807, 2.05) is 34.7 Å². The molecular weight excluding hydrogens is 344 g/mol. The Kier molecular flexibility index (Phi) is 5.02. The number of rotatable bonds is 5. The van der Waals surface area contributed by atoms with Crippen molar-refractivity contribution in [2.75, 3.05) is 13.1 Å². The molecule has 1 aliphatic heterocycles. The van der Waals surface area contributed by atoms with Crippen LogP contribution in [0.5, 0.6) is 0 Å². The second-order valence-corrected chi connectivity index (χ2v) is 8.85. The van der Waals surface area contributed by atoms with E-state index in [9.17, 15) is 4.79 Å². The number of piperidine rings is 1. The van der Waals surface area contributed by atoms with Crippen LogP contribution in [0, 0.1) is 5.92 Å². The Bertz CT molecular complexity index is 763. The van der Waals surface area contributed by atoms with Gasteiger partial charge in [-0.25, -0.2) is 9.67 Å². The fourth-order valence-corrected chi connectivity index (χ4v) is 4.26. The van der Waals surface area contributed by atoms with E-state index in [2.05, 4.69) is 19.1 Å². The van der Waals surface area contributed by atoms with Gasteiger partial charge < -0.3 is 4.90 Å². The Morgan fingerprint density at radius 1 is 1.15 bits per heavy atom. The Morgan fingerprint density at radius 3 is 2.50 bits per heavy atom. The number of amides is 1. The molecule has 0 N–H and O–H groups in total. The van der Waals surface area contributed by atoms with Crippen LogP contribution in [0.3, 0.4) is 0 Å². The minimum atomic E-state index is -0.151. The Hall–Kier alpha value is -1.82. The molecule has 0 bridgehead atoms. The molecule has 1 aromatic carbocycles. The quantitative estimate of drug-likeness (QED) is 0.750. The lowest BCUT2D eigenvalue weighted by Crippen LogP contribution is -2.41. The van der Waals surface area contributed by atoms with Crippen LogP contribution in [0.25, 0.3) is 5.69 Å². The van der Waals surface area contributed by atoms with Crippen molar-refractivity contribution in [3.63, 3.8) is 0 Å². The molecule has 5 nitrogen and oxygen atoms in total. The second kappa shape index (κ2) is 7.43. The smallest absolute Gasteiger partial charge is 0.235 e. The standard InChI is InChI=1S/C20H26N4OS/c1-14-10-12-23(13-11-14)19(25)15(2)26-20-21-18(16-8-9-16)24(22-20)17-6-4-3-5-7-17/h3-7,14-16H,8-13H2,1-2H3. The summed E-state index contributed by atoms with van der Waals surface area (Å²) in [6, 6.07) is 10.2. The lowest BCUT2D eigenvalue weighted by atomic mass is 9.99. The molecule has 6 heteroatoms. The molecular formula is C20H26N4OS. The summed E-state index contributed by atoms with van der Waals surface area (Å²) >= 11 is 1.49. The van der Waals surface area contributed by atoms with E-state index in [-0.39, 0.29) is 11.2 Å². The summed E-state index contributed by atoms with van der Waals surface area (Å²) in [6.45, 7) is 6.00. The predicted octanol–water partition coefficient (Wildman–Crippen LogP) is 3.88. The van der Waals surface area contributed by atoms with Crippen LogP contribution in [-0.4, -0.2) is 43.9 Å². The minimum Gasteiger partial charge on any atom is -0.342 e. The van der Waals surface area contributed by atoms with E-state index >= 15 is 0 Å². The summed E-state index contributed by atoms with van der Waals surface area (Å²) in [6.07, 6.45) is 4.57. The van der Waals surface area contributed by atoms with E-state index in [0.717, 1.165) is 43.4 Å². The molecule has 138 valence electrons. The molecule has 2 aromatic rings. The third kappa shape index (κ3) is 3.80. The molecule has 0 radical (unpaired) electrons. The fraction of sp³-hybridized carbons (Fsp3) is 0.550. The maximum absolute atomic E-state index is 12.8. The van der Waals surface area contributed by atoms with E-state index in [1.54, 1.807) is 0 Å². The minimum absolute atomic E-state index is 0.151. The zero-order chi connectivity index (χ0) is 18.1. The molecule has 1 atom stereocenters. The van der Waals surface area contributed by atoms with Crippen molar-refractivity contribution in [1.82, 2.24) is 19.7 Å². The van der Waals surface area contributed by atoms with E-state index < -0.39 is 0 Å². The normalized spacial score (nSPS) is 19.5. The van der Waals surface area contributed by atoms with Gasteiger partial charge in [0.25, 0.3) is 0 Å². The number of likely N-dealkylation sites (tertiary alicyclic amines) is 1. The third-order valence-corrected chi connectivity index (χ3v) is 6.22. The van der Waals surface area contributed by atoms with Crippen molar-refractivity contribution >= 4 is 17.7 Å². The number of thioether (sulfide) groups is 1. The Morgan fingerprint density at radius 2 is 1.85 bits per heavy atom. The van der Waals surface area contributed by atoms with Gasteiger partial charge >= 0.3 is 0 Å². The second-order valence-electron chi connectivity index (χ2n) is 7.54. The molecule has 1 saturated heterocycles. The maximum atomic E-state index is 12.8. The number of hydrogen-bond acceptors (Lipinski definition) is 4. The van der Waals surface area contributed by atoms with E-state index in [1.165, 1.54) is 24.6 Å². The van der Waals surface area contributed by atoms with Crippen molar-refractivity contribution in [1.29, 1.82) is 0 Å². The molecule has 2 aliphatic rings. The summed E-state index contributed by atoms with van der Waals surface area (Å²) in [5.74, 6) is 2.48. The predicted molar refractivity (Wildman–Crippen MR) is 104 cm³/mol. The zero-order valence-corrected chi connectivity index (χ0v) is 16.3. The van der Waals surface area contributed by atoms with E-state index in [0.29, 0.717) is 11.1 Å². The highest BCUT2D eigenvalue weighted by Gasteiger charge is 2.32. The molecule has 1 unspecified atom stereocenters. The summed E-state index contributed by atoms with van der Waals surface area (Å²) < 4.78 is 1.96. The zero-order valence-electron chi connectivity index (χ0n) is 15.5. The number of para-hydroxylation sites is 1. The lowest BCUT2D eigenvalue weighted by Gasteiger charge is -2.31. The first kappa shape index (κ1) is 17.6. The van der Waals surface area contributed by atoms with Crippen molar-refractivity contribution in [3.8, 4) is 5.69 Å². The van der Waals surface area contributed by atoms with Gasteiger partial charge in [0.05, 0.1) is 10.9 Å². The molecule has 0 spiro atoms. The summed E-state index contributed by atoms with van der Waals surface area (Å²) in [5, 5.41) is 5.28. The first-order valence-corrected chi connectivity index (χ1v) is 10.5. The van der Waals surface area contributed by atoms with Crippen LogP contribution in [0.2, 0.25) is 0 Å². The number of carbonyl (C=O) groups is 1. The van der Waals surface area contributed by atoms with Gasteiger partial charge in [0, 0.05) is 19.0 Å². The van der Waals surface area contributed by atoms with Crippen LogP contribution in [0.4, 0.5) is 0 Å². The summed E-state index contributed by atoms with van der Waals surface area (Å²) in [5.41, 5.74) is 1.04. The fourth-order valence-electron chi connectivity index (χ4n) is 3.41. The van der Waals surface area contributed by atoms with Gasteiger partial charge in [-0.2, -0.15) is 0 Å². The average molecular weight is 371 g/mol. The van der Waals surface area contributed by atoms with E-state index in [4.69, 9.17) is 10.1 Å². The number of nitrogens with zero attached hydrogens (tertiary/aromatic N) is 4. The van der Waals surface area contributed by atoms with Gasteiger partial charge in [-0.1, -0.05) is 36.9 Å². The summed E-state index contributed by atoms with van der Waals surface area (Å²) in [7, 11) is 0. The number of benzene rings is 1. The van der Waals surface area contributed by atoms with Crippen molar-refractivity contribution in [2.24, 2.45) is 5.92 Å². The first-order valence-electron chi connectivity index (χ1n) is 9.59. The molecule has 2 heterocycles. The third-order valence-electron chi connectivity index (χ3n) is 5.28. The number of hydrogen-bond donors (Lipinski definition) is 0. The molecule has 1 aromatic heterocycles. The monoisotopic (exact) mass is 370 g/mol. The molecule has 26 heavy (non-hydrogen) atoms. The van der Waals surface area contributed by atoms with Crippen LogP contribution < -0.4 is 0 Å². The summed E-state index contributed by atoms with van der Waals surface area (Å²) in [4.78, 5) is 19.5. The van der Waals surface area contributed by atoms with Crippen LogP contribution in [0.15, 0.2) is 35.5 Å². The topological polar surface area (TPSA) is 51.0 Å². The van der Waals surface area contributed by atoms with Crippen molar-refractivity contribution in [2.45, 2.75) is 55.9 Å². The van der Waals surface area contributed by atoms with Crippen LogP contribution in [0.1, 0.15) is 51.3 Å². The highest BCUT2D eigenvalue weighted by atomic mass is 32.2. The number of carbonyl (C=O) groups excluding carboxylic acids is 1. The molecule has 4 rings (SSSR count).